The van der Waals surface area contributed by atoms with Gasteiger partial charge in [-0.3, -0.25) is 0 Å². The number of rotatable bonds is 3. The number of hydrogen-bond acceptors (Lipinski definition) is 2. The molecule has 0 rings (SSSR count). The van der Waals surface area contributed by atoms with Crippen LogP contribution >= 0.6 is 0 Å². The van der Waals surface area contributed by atoms with Crippen molar-refractivity contribution in [1.29, 1.82) is 0 Å². The Morgan fingerprint density at radius 1 is 1.50 bits per heavy atom. The summed E-state index contributed by atoms with van der Waals surface area (Å²) < 4.78 is 0. The molecule has 0 aromatic carbocycles. The van der Waals surface area contributed by atoms with Crippen LogP contribution in [0, 0.1) is 5.92 Å². The van der Waals surface area contributed by atoms with Crippen LogP contribution in [-0.4, -0.2) is 23.4 Å². The molecular formula is C6H15NO. The molecule has 0 aliphatic heterocycles. The minimum Gasteiger partial charge on any atom is -0.314 e. The summed E-state index contributed by atoms with van der Waals surface area (Å²) in [6.07, 6.45) is 0. The molecule has 0 spiro atoms. The largest absolute Gasteiger partial charge is 0.314 e. The standard InChI is InChI=1S/C6H15NO/c1-4-7(8)5-6(2)3/h6,8H,4-5H2,1-3H3. The lowest BCUT2D eigenvalue weighted by molar-refractivity contribution is -0.0938. The highest BCUT2D eigenvalue weighted by Gasteiger charge is 1.97. The smallest absolute Gasteiger partial charge is 0.0261 e. The first-order chi connectivity index (χ1) is 3.66. The average molecular weight is 117 g/mol. The molecule has 0 aliphatic rings. The van der Waals surface area contributed by atoms with Crippen molar-refractivity contribution in [3.05, 3.63) is 0 Å². The minimum atomic E-state index is 0.556. The van der Waals surface area contributed by atoms with Gasteiger partial charge in [0, 0.05) is 13.1 Å². The molecule has 0 radical (unpaired) electrons. The van der Waals surface area contributed by atoms with Gasteiger partial charge in [0.1, 0.15) is 0 Å². The lowest BCUT2D eigenvalue weighted by Crippen LogP contribution is -2.23. The Balaban J connectivity index is 3.10. The van der Waals surface area contributed by atoms with Crippen molar-refractivity contribution in [2.45, 2.75) is 20.8 Å². The number of hydrogen-bond donors (Lipinski definition) is 1. The van der Waals surface area contributed by atoms with Gasteiger partial charge in [0.05, 0.1) is 0 Å². The predicted octanol–water partition coefficient (Wildman–Crippen LogP) is 1.35. The van der Waals surface area contributed by atoms with Gasteiger partial charge in [0.15, 0.2) is 0 Å². The molecule has 8 heavy (non-hydrogen) atoms. The molecule has 0 aromatic heterocycles. The maximum atomic E-state index is 8.86. The van der Waals surface area contributed by atoms with Gasteiger partial charge in [0.2, 0.25) is 0 Å². The zero-order valence-corrected chi connectivity index (χ0v) is 5.89. The third-order valence-corrected chi connectivity index (χ3v) is 0.941. The van der Waals surface area contributed by atoms with E-state index in [9.17, 15) is 0 Å². The molecule has 1 N–H and O–H groups in total. The van der Waals surface area contributed by atoms with Crippen molar-refractivity contribution < 1.29 is 5.21 Å². The Hall–Kier alpha value is -0.0800. The molecule has 2 heteroatoms. The van der Waals surface area contributed by atoms with Crippen molar-refractivity contribution in [2.75, 3.05) is 13.1 Å². The van der Waals surface area contributed by atoms with E-state index in [2.05, 4.69) is 13.8 Å². The minimum absolute atomic E-state index is 0.556. The third kappa shape index (κ3) is 4.09. The van der Waals surface area contributed by atoms with Crippen LogP contribution in [0.4, 0.5) is 0 Å². The quantitative estimate of drug-likeness (QED) is 0.564. The van der Waals surface area contributed by atoms with Crippen molar-refractivity contribution in [1.82, 2.24) is 5.06 Å². The molecule has 0 aromatic rings. The highest BCUT2D eigenvalue weighted by Crippen LogP contribution is 1.93. The highest BCUT2D eigenvalue weighted by atomic mass is 16.5. The monoisotopic (exact) mass is 117 g/mol. The molecule has 0 bridgehead atoms. The van der Waals surface area contributed by atoms with E-state index in [0.29, 0.717) is 5.92 Å². The average Bonchev–Trinajstić information content (AvgIpc) is 1.65. The van der Waals surface area contributed by atoms with E-state index in [-0.39, 0.29) is 0 Å². The summed E-state index contributed by atoms with van der Waals surface area (Å²) in [5.74, 6) is 0.556. The number of hydroxylamine groups is 2. The molecule has 0 amide bonds. The molecule has 0 heterocycles. The van der Waals surface area contributed by atoms with Gasteiger partial charge >= 0.3 is 0 Å². The molecule has 0 fully saturated rings. The third-order valence-electron chi connectivity index (χ3n) is 0.941. The summed E-state index contributed by atoms with van der Waals surface area (Å²) in [7, 11) is 0. The lowest BCUT2D eigenvalue weighted by Gasteiger charge is -2.13. The molecule has 0 atom stereocenters. The van der Waals surface area contributed by atoms with Gasteiger partial charge in [-0.1, -0.05) is 20.8 Å². The Kier molecular flexibility index (Phi) is 3.83. The zero-order chi connectivity index (χ0) is 6.57. The van der Waals surface area contributed by atoms with Crippen LogP contribution in [0.1, 0.15) is 20.8 Å². The molecule has 0 saturated heterocycles. The summed E-state index contributed by atoms with van der Waals surface area (Å²) in [4.78, 5) is 0. The van der Waals surface area contributed by atoms with Gasteiger partial charge in [0.25, 0.3) is 0 Å². The predicted molar refractivity (Wildman–Crippen MR) is 33.9 cm³/mol. The second kappa shape index (κ2) is 3.87. The summed E-state index contributed by atoms with van der Waals surface area (Å²) in [6.45, 7) is 7.59. The Morgan fingerprint density at radius 3 is 2.12 bits per heavy atom. The first kappa shape index (κ1) is 7.92. The van der Waals surface area contributed by atoms with Crippen LogP contribution in [-0.2, 0) is 0 Å². The first-order valence-electron chi connectivity index (χ1n) is 3.10. The van der Waals surface area contributed by atoms with Crippen LogP contribution in [0.5, 0.6) is 0 Å². The Labute approximate surface area is 51.1 Å². The summed E-state index contributed by atoms with van der Waals surface area (Å²) in [6, 6.07) is 0. The SMILES string of the molecule is CCN(O)CC(C)C. The lowest BCUT2D eigenvalue weighted by atomic mass is 10.2. The molecule has 0 aliphatic carbocycles. The van der Waals surface area contributed by atoms with Gasteiger partial charge in [-0.25, -0.2) is 0 Å². The topological polar surface area (TPSA) is 23.5 Å². The second-order valence-electron chi connectivity index (χ2n) is 2.40. The van der Waals surface area contributed by atoms with Crippen molar-refractivity contribution in [3.8, 4) is 0 Å². The first-order valence-corrected chi connectivity index (χ1v) is 3.10. The number of nitrogens with zero attached hydrogens (tertiary/aromatic N) is 1. The molecule has 0 unspecified atom stereocenters. The zero-order valence-electron chi connectivity index (χ0n) is 5.89. The summed E-state index contributed by atoms with van der Waals surface area (Å²) >= 11 is 0. The van der Waals surface area contributed by atoms with Crippen LogP contribution in [0.25, 0.3) is 0 Å². The van der Waals surface area contributed by atoms with Crippen LogP contribution in [0.15, 0.2) is 0 Å². The van der Waals surface area contributed by atoms with E-state index in [1.807, 2.05) is 6.92 Å². The molecule has 0 saturated carbocycles. The summed E-state index contributed by atoms with van der Waals surface area (Å²) in [5.41, 5.74) is 0. The van der Waals surface area contributed by atoms with E-state index in [1.165, 1.54) is 5.06 Å². The fourth-order valence-electron chi connectivity index (χ4n) is 0.551. The van der Waals surface area contributed by atoms with Crippen LogP contribution in [0.3, 0.4) is 0 Å². The highest BCUT2D eigenvalue weighted by molar-refractivity contribution is 4.45. The van der Waals surface area contributed by atoms with Crippen LogP contribution in [0.2, 0.25) is 0 Å². The fraction of sp³-hybridized carbons (Fsp3) is 1.00. The molecular weight excluding hydrogens is 102 g/mol. The van der Waals surface area contributed by atoms with Crippen molar-refractivity contribution in [3.63, 3.8) is 0 Å². The Morgan fingerprint density at radius 2 is 2.00 bits per heavy atom. The van der Waals surface area contributed by atoms with Crippen LogP contribution < -0.4 is 0 Å². The van der Waals surface area contributed by atoms with E-state index in [4.69, 9.17) is 5.21 Å². The van der Waals surface area contributed by atoms with Gasteiger partial charge in [-0.15, -0.1) is 0 Å². The van der Waals surface area contributed by atoms with Gasteiger partial charge in [-0.05, 0) is 5.92 Å². The van der Waals surface area contributed by atoms with Gasteiger partial charge in [-0.2, -0.15) is 5.06 Å². The van der Waals surface area contributed by atoms with E-state index in [1.54, 1.807) is 0 Å². The van der Waals surface area contributed by atoms with Gasteiger partial charge < -0.3 is 5.21 Å². The summed E-state index contributed by atoms with van der Waals surface area (Å²) in [5, 5.41) is 10.2. The maximum Gasteiger partial charge on any atom is 0.0261 e. The van der Waals surface area contributed by atoms with E-state index < -0.39 is 0 Å². The molecule has 2 nitrogen and oxygen atoms in total. The Bertz CT molecular complexity index is 54.5. The maximum absolute atomic E-state index is 8.86. The van der Waals surface area contributed by atoms with Crippen molar-refractivity contribution >= 4 is 0 Å². The van der Waals surface area contributed by atoms with E-state index in [0.717, 1.165) is 13.1 Å². The van der Waals surface area contributed by atoms with Crippen molar-refractivity contribution in [2.24, 2.45) is 5.92 Å². The normalized spacial score (nSPS) is 11.2. The second-order valence-corrected chi connectivity index (χ2v) is 2.40. The van der Waals surface area contributed by atoms with E-state index >= 15 is 0 Å². The fourth-order valence-corrected chi connectivity index (χ4v) is 0.551. The molecule has 50 valence electrons.